The molecule has 0 saturated heterocycles. The normalized spacial score (nSPS) is 10.6. The summed E-state index contributed by atoms with van der Waals surface area (Å²) < 4.78 is 11.1. The number of ether oxygens (including phenoxy) is 1. The van der Waals surface area contributed by atoms with Crippen molar-refractivity contribution in [3.8, 4) is 22.8 Å². The summed E-state index contributed by atoms with van der Waals surface area (Å²) in [4.78, 5) is 29.5. The van der Waals surface area contributed by atoms with E-state index >= 15 is 0 Å². The quantitative estimate of drug-likeness (QED) is 0.339. The summed E-state index contributed by atoms with van der Waals surface area (Å²) in [5, 5.41) is 1.80. The third-order valence-electron chi connectivity index (χ3n) is 4.07. The average molecular weight is 389 g/mol. The van der Waals surface area contributed by atoms with E-state index in [1.807, 2.05) is 30.3 Å². The zero-order valence-electron chi connectivity index (χ0n) is 14.7. The van der Waals surface area contributed by atoms with Crippen molar-refractivity contribution in [2.75, 3.05) is 6.61 Å². The molecule has 0 bridgehead atoms. The Morgan fingerprint density at radius 3 is 2.54 bits per heavy atom. The first kappa shape index (κ1) is 17.9. The Kier molecular flexibility index (Phi) is 5.12. The summed E-state index contributed by atoms with van der Waals surface area (Å²) in [5.74, 6) is 0.0888. The zero-order valence-corrected chi connectivity index (χ0v) is 15.5. The van der Waals surface area contributed by atoms with Gasteiger partial charge < -0.3 is 9.15 Å². The fourth-order valence-electron chi connectivity index (χ4n) is 2.70. The second-order valence-electron chi connectivity index (χ2n) is 5.92. The second kappa shape index (κ2) is 8.02. The van der Waals surface area contributed by atoms with Gasteiger partial charge in [-0.25, -0.2) is 9.78 Å². The Hall–Kier alpha value is -3.51. The minimum absolute atomic E-state index is 0.233. The summed E-state index contributed by atoms with van der Waals surface area (Å²) in [6.45, 7) is -0.311. The Labute approximate surface area is 165 Å². The standard InChI is InChI=1S/C22H15NO4S/c24-18(20-11-6-12-28-20)14-26-22(25)17-10-5-4-9-16(17)21-23-13-19(27-21)15-7-2-1-3-8-15/h1-13H,14H2. The van der Waals surface area contributed by atoms with E-state index in [9.17, 15) is 9.59 Å². The van der Waals surface area contributed by atoms with Gasteiger partial charge in [-0.1, -0.05) is 48.5 Å². The minimum atomic E-state index is -0.597. The lowest BCUT2D eigenvalue weighted by Gasteiger charge is -2.07. The second-order valence-corrected chi connectivity index (χ2v) is 6.87. The largest absolute Gasteiger partial charge is 0.454 e. The molecule has 0 spiro atoms. The van der Waals surface area contributed by atoms with Crippen molar-refractivity contribution < 1.29 is 18.7 Å². The molecule has 0 aliphatic rings. The highest BCUT2D eigenvalue weighted by Crippen LogP contribution is 2.28. The van der Waals surface area contributed by atoms with Gasteiger partial charge in [-0.05, 0) is 23.6 Å². The predicted molar refractivity (Wildman–Crippen MR) is 106 cm³/mol. The van der Waals surface area contributed by atoms with E-state index in [2.05, 4.69) is 4.98 Å². The molecule has 138 valence electrons. The van der Waals surface area contributed by atoms with Crippen LogP contribution in [0.15, 0.2) is 82.7 Å². The molecule has 0 atom stereocenters. The number of Topliss-reactive ketones (excluding diaryl/α,β-unsaturated/α-hetero) is 1. The summed E-state index contributed by atoms with van der Waals surface area (Å²) >= 11 is 1.31. The third kappa shape index (κ3) is 3.77. The lowest BCUT2D eigenvalue weighted by Crippen LogP contribution is -2.14. The molecule has 0 unspecified atom stereocenters. The van der Waals surface area contributed by atoms with Crippen molar-refractivity contribution in [3.05, 3.63) is 88.7 Å². The van der Waals surface area contributed by atoms with Crippen molar-refractivity contribution >= 4 is 23.1 Å². The highest BCUT2D eigenvalue weighted by Gasteiger charge is 2.19. The number of rotatable bonds is 6. The lowest BCUT2D eigenvalue weighted by molar-refractivity contribution is 0.0476. The first-order valence-electron chi connectivity index (χ1n) is 8.57. The van der Waals surface area contributed by atoms with Crippen molar-refractivity contribution in [1.82, 2.24) is 4.98 Å². The summed E-state index contributed by atoms with van der Waals surface area (Å²) in [5.41, 5.74) is 1.70. The van der Waals surface area contributed by atoms with Crippen LogP contribution in [0.25, 0.3) is 22.8 Å². The SMILES string of the molecule is O=C(COC(=O)c1ccccc1-c1ncc(-c2ccccc2)o1)c1cccs1. The molecule has 4 aromatic rings. The molecule has 0 amide bonds. The molecule has 0 radical (unpaired) electrons. The first-order valence-corrected chi connectivity index (χ1v) is 9.45. The molecule has 0 saturated carbocycles. The van der Waals surface area contributed by atoms with Gasteiger partial charge in [0.25, 0.3) is 0 Å². The number of aromatic nitrogens is 1. The molecule has 0 aliphatic heterocycles. The van der Waals surface area contributed by atoms with Crippen LogP contribution in [0.4, 0.5) is 0 Å². The highest BCUT2D eigenvalue weighted by atomic mass is 32.1. The number of thiophene rings is 1. The maximum Gasteiger partial charge on any atom is 0.339 e. The van der Waals surface area contributed by atoms with Gasteiger partial charge in [-0.3, -0.25) is 4.79 Å². The number of benzene rings is 2. The van der Waals surface area contributed by atoms with Gasteiger partial charge >= 0.3 is 5.97 Å². The molecule has 0 aliphatic carbocycles. The van der Waals surface area contributed by atoms with E-state index in [0.29, 0.717) is 27.7 Å². The molecule has 28 heavy (non-hydrogen) atoms. The maximum atomic E-state index is 12.5. The topological polar surface area (TPSA) is 69.4 Å². The fourth-order valence-corrected chi connectivity index (χ4v) is 3.35. The monoisotopic (exact) mass is 389 g/mol. The van der Waals surface area contributed by atoms with Crippen LogP contribution < -0.4 is 0 Å². The smallest absolute Gasteiger partial charge is 0.339 e. The van der Waals surface area contributed by atoms with Gasteiger partial charge in [0.15, 0.2) is 12.4 Å². The molecule has 0 N–H and O–H groups in total. The van der Waals surface area contributed by atoms with Crippen LogP contribution in [-0.4, -0.2) is 23.3 Å². The summed E-state index contributed by atoms with van der Waals surface area (Å²) in [6, 6.07) is 19.9. The van der Waals surface area contributed by atoms with E-state index in [4.69, 9.17) is 9.15 Å². The number of carbonyl (C=O) groups excluding carboxylic acids is 2. The third-order valence-corrected chi connectivity index (χ3v) is 4.98. The average Bonchev–Trinajstić information content (AvgIpc) is 3.45. The van der Waals surface area contributed by atoms with Gasteiger partial charge in [0.2, 0.25) is 11.7 Å². The summed E-state index contributed by atoms with van der Waals surface area (Å²) in [6.07, 6.45) is 1.62. The molecule has 2 aromatic heterocycles. The van der Waals surface area contributed by atoms with E-state index in [1.165, 1.54) is 11.3 Å². The van der Waals surface area contributed by atoms with Crippen LogP contribution in [0.5, 0.6) is 0 Å². The molecule has 2 heterocycles. The van der Waals surface area contributed by atoms with Crippen LogP contribution in [0.2, 0.25) is 0 Å². The number of carbonyl (C=O) groups is 2. The van der Waals surface area contributed by atoms with Crippen LogP contribution >= 0.6 is 11.3 Å². The van der Waals surface area contributed by atoms with E-state index in [0.717, 1.165) is 5.56 Å². The molecular weight excluding hydrogens is 374 g/mol. The van der Waals surface area contributed by atoms with Crippen LogP contribution in [0.3, 0.4) is 0 Å². The van der Waals surface area contributed by atoms with Crippen LogP contribution in [-0.2, 0) is 4.74 Å². The number of oxazole rings is 1. The Bertz CT molecular complexity index is 1100. The zero-order chi connectivity index (χ0) is 19.3. The molecule has 0 fully saturated rings. The molecule has 5 nitrogen and oxygen atoms in total. The summed E-state index contributed by atoms with van der Waals surface area (Å²) in [7, 11) is 0. The van der Waals surface area contributed by atoms with Crippen molar-refractivity contribution in [2.24, 2.45) is 0 Å². The molecule has 4 rings (SSSR count). The number of ketones is 1. The number of esters is 1. The van der Waals surface area contributed by atoms with Crippen molar-refractivity contribution in [2.45, 2.75) is 0 Å². The number of nitrogens with zero attached hydrogens (tertiary/aromatic N) is 1. The van der Waals surface area contributed by atoms with Crippen molar-refractivity contribution in [3.63, 3.8) is 0 Å². The van der Waals surface area contributed by atoms with Crippen molar-refractivity contribution in [1.29, 1.82) is 0 Å². The lowest BCUT2D eigenvalue weighted by atomic mass is 10.1. The predicted octanol–water partition coefficient (Wildman–Crippen LogP) is 5.11. The fraction of sp³-hybridized carbons (Fsp3) is 0.0455. The van der Waals surface area contributed by atoms with Gasteiger partial charge in [0.1, 0.15) is 0 Å². The first-order chi connectivity index (χ1) is 13.7. The van der Waals surface area contributed by atoms with Gasteiger partial charge in [-0.15, -0.1) is 11.3 Å². The molecular formula is C22H15NO4S. The number of hydrogen-bond donors (Lipinski definition) is 0. The molecule has 6 heteroatoms. The maximum absolute atomic E-state index is 12.5. The molecule has 2 aromatic carbocycles. The van der Waals surface area contributed by atoms with E-state index in [-0.39, 0.29) is 12.4 Å². The van der Waals surface area contributed by atoms with Crippen LogP contribution in [0, 0.1) is 0 Å². The van der Waals surface area contributed by atoms with E-state index in [1.54, 1.807) is 48.0 Å². The van der Waals surface area contributed by atoms with Crippen LogP contribution in [0.1, 0.15) is 20.0 Å². The van der Waals surface area contributed by atoms with Gasteiger partial charge in [-0.2, -0.15) is 0 Å². The van der Waals surface area contributed by atoms with E-state index < -0.39 is 5.97 Å². The number of hydrogen-bond acceptors (Lipinski definition) is 6. The Balaban J connectivity index is 1.55. The highest BCUT2D eigenvalue weighted by molar-refractivity contribution is 7.12. The minimum Gasteiger partial charge on any atom is -0.454 e. The Morgan fingerprint density at radius 1 is 0.964 bits per heavy atom. The van der Waals surface area contributed by atoms with Gasteiger partial charge in [0.05, 0.1) is 22.2 Å². The Morgan fingerprint density at radius 2 is 1.75 bits per heavy atom. The van der Waals surface area contributed by atoms with Gasteiger partial charge in [0, 0.05) is 5.56 Å².